The second kappa shape index (κ2) is 7.53. The number of carbonyl (C=O) groups is 1. The lowest BCUT2D eigenvalue weighted by molar-refractivity contribution is -0.116. The van der Waals surface area contributed by atoms with E-state index < -0.39 is 0 Å². The van der Waals surface area contributed by atoms with Crippen molar-refractivity contribution < 1.29 is 13.9 Å². The molecular formula is C19H18FN5O2. The summed E-state index contributed by atoms with van der Waals surface area (Å²) < 4.78 is 20.1. The van der Waals surface area contributed by atoms with Gasteiger partial charge in [0, 0.05) is 11.3 Å². The van der Waals surface area contributed by atoms with E-state index in [0.717, 1.165) is 18.4 Å². The predicted molar refractivity (Wildman–Crippen MR) is 96.7 cm³/mol. The van der Waals surface area contributed by atoms with E-state index in [1.165, 1.54) is 24.3 Å². The maximum atomic E-state index is 12.9. The number of tetrazole rings is 1. The summed E-state index contributed by atoms with van der Waals surface area (Å²) in [6, 6.07) is 13.5. The van der Waals surface area contributed by atoms with Gasteiger partial charge in [-0.25, -0.2) is 9.07 Å². The lowest BCUT2D eigenvalue weighted by atomic mass is 10.2. The minimum absolute atomic E-state index is 0.170. The molecule has 1 aromatic heterocycles. The van der Waals surface area contributed by atoms with Crippen LogP contribution in [0.15, 0.2) is 48.5 Å². The maximum absolute atomic E-state index is 12.9. The molecule has 1 aliphatic carbocycles. The van der Waals surface area contributed by atoms with Crippen LogP contribution in [0, 0.1) is 5.82 Å². The molecule has 0 aliphatic heterocycles. The standard InChI is InChI=1S/C19H18FN5O2/c20-14-4-8-17(9-5-14)27-11-10-18(26)21-15-3-1-2-13(12-15)19-22-23-24-25(19)16-6-7-16/h1-5,8-9,12,16H,6-7,10-11H2,(H,21,26). The summed E-state index contributed by atoms with van der Waals surface area (Å²) in [6.07, 6.45) is 2.35. The van der Waals surface area contributed by atoms with Gasteiger partial charge >= 0.3 is 0 Å². The number of nitrogens with one attached hydrogen (secondary N) is 1. The molecule has 0 unspecified atom stereocenters. The lowest BCUT2D eigenvalue weighted by Crippen LogP contribution is -2.15. The van der Waals surface area contributed by atoms with Gasteiger partial charge in [0.25, 0.3) is 0 Å². The predicted octanol–water partition coefficient (Wildman–Crippen LogP) is 3.22. The second-order valence-electron chi connectivity index (χ2n) is 6.36. The van der Waals surface area contributed by atoms with Gasteiger partial charge in [-0.15, -0.1) is 5.10 Å². The fourth-order valence-corrected chi connectivity index (χ4v) is 2.70. The summed E-state index contributed by atoms with van der Waals surface area (Å²) in [5.41, 5.74) is 1.52. The van der Waals surface area contributed by atoms with Crippen molar-refractivity contribution in [1.82, 2.24) is 20.2 Å². The van der Waals surface area contributed by atoms with Gasteiger partial charge in [0.05, 0.1) is 19.1 Å². The van der Waals surface area contributed by atoms with Gasteiger partial charge in [0.1, 0.15) is 11.6 Å². The molecule has 138 valence electrons. The average molecular weight is 367 g/mol. The molecule has 7 nitrogen and oxygen atoms in total. The Labute approximate surface area is 155 Å². The molecule has 0 saturated heterocycles. The topological polar surface area (TPSA) is 81.9 Å². The van der Waals surface area contributed by atoms with Crippen LogP contribution in [0.25, 0.3) is 11.4 Å². The number of amides is 1. The van der Waals surface area contributed by atoms with Gasteiger partial charge in [-0.05, 0) is 59.7 Å². The van der Waals surface area contributed by atoms with E-state index in [-0.39, 0.29) is 24.8 Å². The highest BCUT2D eigenvalue weighted by Crippen LogP contribution is 2.36. The van der Waals surface area contributed by atoms with Crippen LogP contribution < -0.4 is 10.1 Å². The van der Waals surface area contributed by atoms with Crippen LogP contribution in [0.1, 0.15) is 25.3 Å². The Morgan fingerprint density at radius 3 is 2.81 bits per heavy atom. The molecule has 2 aromatic carbocycles. The summed E-state index contributed by atoms with van der Waals surface area (Å²) in [5, 5.41) is 14.8. The molecule has 1 N–H and O–H groups in total. The normalized spacial score (nSPS) is 13.4. The fourth-order valence-electron chi connectivity index (χ4n) is 2.70. The number of hydrogen-bond donors (Lipinski definition) is 1. The molecule has 1 heterocycles. The van der Waals surface area contributed by atoms with Gasteiger partial charge in [0.15, 0.2) is 5.82 Å². The molecule has 0 spiro atoms. The molecule has 0 bridgehead atoms. The number of aromatic nitrogens is 4. The number of nitrogens with zero attached hydrogens (tertiary/aromatic N) is 4. The Kier molecular flexibility index (Phi) is 4.78. The van der Waals surface area contributed by atoms with Crippen LogP contribution >= 0.6 is 0 Å². The highest BCUT2D eigenvalue weighted by molar-refractivity contribution is 5.91. The lowest BCUT2D eigenvalue weighted by Gasteiger charge is -2.09. The molecule has 4 rings (SSSR count). The molecule has 0 atom stereocenters. The molecule has 1 saturated carbocycles. The SMILES string of the molecule is O=C(CCOc1ccc(F)cc1)Nc1cccc(-c2nnnn2C2CC2)c1. The van der Waals surface area contributed by atoms with Crippen molar-refractivity contribution in [3.63, 3.8) is 0 Å². The van der Waals surface area contributed by atoms with Crippen LogP contribution in [0.2, 0.25) is 0 Å². The van der Waals surface area contributed by atoms with Crippen LogP contribution in [0.3, 0.4) is 0 Å². The van der Waals surface area contributed by atoms with Gasteiger partial charge in [-0.2, -0.15) is 0 Å². The minimum Gasteiger partial charge on any atom is -0.493 e. The minimum atomic E-state index is -0.326. The maximum Gasteiger partial charge on any atom is 0.227 e. The Bertz CT molecular complexity index is 937. The Morgan fingerprint density at radius 2 is 2.04 bits per heavy atom. The molecule has 3 aromatic rings. The first kappa shape index (κ1) is 17.1. The summed E-state index contributed by atoms with van der Waals surface area (Å²) >= 11 is 0. The van der Waals surface area contributed by atoms with E-state index in [4.69, 9.17) is 4.74 Å². The van der Waals surface area contributed by atoms with Crippen LogP contribution in [0.4, 0.5) is 10.1 Å². The second-order valence-corrected chi connectivity index (χ2v) is 6.36. The third-order valence-corrected chi connectivity index (χ3v) is 4.20. The Hall–Kier alpha value is -3.29. The Balaban J connectivity index is 1.34. The first-order valence-electron chi connectivity index (χ1n) is 8.75. The molecular weight excluding hydrogens is 349 g/mol. The summed E-state index contributed by atoms with van der Waals surface area (Å²) in [4.78, 5) is 12.1. The summed E-state index contributed by atoms with van der Waals surface area (Å²) in [6.45, 7) is 0.205. The van der Waals surface area contributed by atoms with Crippen molar-refractivity contribution >= 4 is 11.6 Å². The van der Waals surface area contributed by atoms with Crippen molar-refractivity contribution in [3.8, 4) is 17.1 Å². The number of rotatable bonds is 7. The van der Waals surface area contributed by atoms with E-state index >= 15 is 0 Å². The zero-order valence-corrected chi connectivity index (χ0v) is 14.5. The number of ether oxygens (including phenoxy) is 1. The van der Waals surface area contributed by atoms with Crippen molar-refractivity contribution in [3.05, 3.63) is 54.3 Å². The van der Waals surface area contributed by atoms with Crippen molar-refractivity contribution in [2.75, 3.05) is 11.9 Å². The quantitative estimate of drug-likeness (QED) is 0.693. The third kappa shape index (κ3) is 4.28. The number of anilines is 1. The molecule has 8 heteroatoms. The molecule has 27 heavy (non-hydrogen) atoms. The third-order valence-electron chi connectivity index (χ3n) is 4.20. The van der Waals surface area contributed by atoms with Crippen molar-refractivity contribution in [1.29, 1.82) is 0 Å². The number of benzene rings is 2. The largest absolute Gasteiger partial charge is 0.493 e. The summed E-state index contributed by atoms with van der Waals surface area (Å²) in [7, 11) is 0. The van der Waals surface area contributed by atoms with E-state index in [0.29, 0.717) is 23.3 Å². The summed E-state index contributed by atoms with van der Waals surface area (Å²) in [5.74, 6) is 0.732. The van der Waals surface area contributed by atoms with E-state index in [2.05, 4.69) is 20.8 Å². The van der Waals surface area contributed by atoms with Crippen molar-refractivity contribution in [2.24, 2.45) is 0 Å². The van der Waals surface area contributed by atoms with Gasteiger partial charge in [-0.1, -0.05) is 12.1 Å². The first-order valence-corrected chi connectivity index (χ1v) is 8.75. The molecule has 1 amide bonds. The van der Waals surface area contributed by atoms with E-state index in [9.17, 15) is 9.18 Å². The Morgan fingerprint density at radius 1 is 1.22 bits per heavy atom. The van der Waals surface area contributed by atoms with E-state index in [1.54, 1.807) is 0 Å². The molecule has 0 radical (unpaired) electrons. The zero-order chi connectivity index (χ0) is 18.6. The van der Waals surface area contributed by atoms with Gasteiger partial charge in [-0.3, -0.25) is 4.79 Å². The van der Waals surface area contributed by atoms with Crippen molar-refractivity contribution in [2.45, 2.75) is 25.3 Å². The highest BCUT2D eigenvalue weighted by Gasteiger charge is 2.28. The number of halogens is 1. The smallest absolute Gasteiger partial charge is 0.227 e. The molecule has 1 aliphatic rings. The van der Waals surface area contributed by atoms with Crippen LogP contribution in [-0.2, 0) is 4.79 Å². The van der Waals surface area contributed by atoms with E-state index in [1.807, 2.05) is 28.9 Å². The highest BCUT2D eigenvalue weighted by atomic mass is 19.1. The van der Waals surface area contributed by atoms with Crippen LogP contribution in [-0.4, -0.2) is 32.7 Å². The van der Waals surface area contributed by atoms with Gasteiger partial charge in [0.2, 0.25) is 5.91 Å². The van der Waals surface area contributed by atoms with Crippen LogP contribution in [0.5, 0.6) is 5.75 Å². The van der Waals surface area contributed by atoms with Gasteiger partial charge < -0.3 is 10.1 Å². The first-order chi connectivity index (χ1) is 13.2. The number of carbonyl (C=O) groups excluding carboxylic acids is 1. The zero-order valence-electron chi connectivity index (χ0n) is 14.5. The monoisotopic (exact) mass is 367 g/mol. The average Bonchev–Trinajstić information content (AvgIpc) is 3.40. The fraction of sp³-hybridized carbons (Fsp3) is 0.263. The number of hydrogen-bond acceptors (Lipinski definition) is 5. The molecule has 1 fully saturated rings.